The van der Waals surface area contributed by atoms with Crippen LogP contribution in [0.3, 0.4) is 0 Å². The van der Waals surface area contributed by atoms with Gasteiger partial charge in [0.25, 0.3) is 5.91 Å². The van der Waals surface area contributed by atoms with Gasteiger partial charge in [0, 0.05) is 31.2 Å². The maximum atomic E-state index is 13.1. The van der Waals surface area contributed by atoms with Gasteiger partial charge in [-0.05, 0) is 30.2 Å². The maximum absolute atomic E-state index is 13.1. The molecule has 3 rings (SSSR count). The van der Waals surface area contributed by atoms with E-state index in [1.807, 2.05) is 30.3 Å². The van der Waals surface area contributed by atoms with Gasteiger partial charge < -0.3 is 10.2 Å². The number of rotatable bonds is 3. The molecule has 0 spiro atoms. The van der Waals surface area contributed by atoms with Crippen LogP contribution in [0.15, 0.2) is 48.5 Å². The summed E-state index contributed by atoms with van der Waals surface area (Å²) in [5.41, 5.74) is -2.69. The SMILES string of the molecule is O=C(c1cc(C(F)(F)F)cc(C(F)(F)F)c1)N1CCNC[C@H]1Cc1ccccc1. The molecule has 1 aliphatic rings. The molecule has 0 radical (unpaired) electrons. The second-order valence-corrected chi connectivity index (χ2v) is 6.84. The number of halogens is 6. The Morgan fingerprint density at radius 2 is 1.55 bits per heavy atom. The Morgan fingerprint density at radius 3 is 2.10 bits per heavy atom. The Morgan fingerprint density at radius 1 is 0.966 bits per heavy atom. The highest BCUT2D eigenvalue weighted by molar-refractivity contribution is 5.95. The number of nitrogens with zero attached hydrogens (tertiary/aromatic N) is 1. The normalized spacial score (nSPS) is 18.0. The highest BCUT2D eigenvalue weighted by Crippen LogP contribution is 2.36. The number of benzene rings is 2. The van der Waals surface area contributed by atoms with E-state index in [4.69, 9.17) is 0 Å². The molecule has 1 heterocycles. The molecule has 3 nitrogen and oxygen atoms in total. The molecule has 1 amide bonds. The molecule has 0 aromatic heterocycles. The Hall–Kier alpha value is -2.55. The van der Waals surface area contributed by atoms with Crippen LogP contribution >= 0.6 is 0 Å². The summed E-state index contributed by atoms with van der Waals surface area (Å²) in [4.78, 5) is 14.3. The molecular weight excluding hydrogens is 398 g/mol. The fraction of sp³-hybridized carbons (Fsp3) is 0.350. The van der Waals surface area contributed by atoms with E-state index < -0.39 is 35.0 Å². The number of nitrogens with one attached hydrogen (secondary N) is 1. The molecule has 2 aromatic rings. The predicted molar refractivity (Wildman–Crippen MR) is 94.3 cm³/mol. The van der Waals surface area contributed by atoms with Crippen molar-refractivity contribution in [2.75, 3.05) is 19.6 Å². The van der Waals surface area contributed by atoms with E-state index in [0.717, 1.165) is 5.56 Å². The van der Waals surface area contributed by atoms with Crippen molar-refractivity contribution < 1.29 is 31.1 Å². The summed E-state index contributed by atoms with van der Waals surface area (Å²) in [6.07, 6.45) is -9.56. The molecule has 2 aromatic carbocycles. The van der Waals surface area contributed by atoms with Crippen molar-refractivity contribution in [1.29, 1.82) is 0 Å². The number of hydrogen-bond donors (Lipinski definition) is 1. The summed E-state index contributed by atoms with van der Waals surface area (Å²) in [5, 5.41) is 3.11. The lowest BCUT2D eigenvalue weighted by molar-refractivity contribution is -0.143. The van der Waals surface area contributed by atoms with Crippen LogP contribution in [-0.2, 0) is 18.8 Å². The van der Waals surface area contributed by atoms with Crippen LogP contribution in [0.25, 0.3) is 0 Å². The van der Waals surface area contributed by atoms with Crippen LogP contribution in [0.4, 0.5) is 26.3 Å². The van der Waals surface area contributed by atoms with E-state index >= 15 is 0 Å². The topological polar surface area (TPSA) is 32.3 Å². The summed E-state index contributed by atoms with van der Waals surface area (Å²) in [7, 11) is 0. The minimum atomic E-state index is -5.00. The van der Waals surface area contributed by atoms with E-state index in [1.54, 1.807) is 0 Å². The van der Waals surface area contributed by atoms with Crippen molar-refractivity contribution in [3.63, 3.8) is 0 Å². The Kier molecular flexibility index (Phi) is 5.88. The van der Waals surface area contributed by atoms with Crippen LogP contribution in [0, 0.1) is 0 Å². The average molecular weight is 416 g/mol. The number of hydrogen-bond acceptors (Lipinski definition) is 2. The van der Waals surface area contributed by atoms with Gasteiger partial charge in [-0.15, -0.1) is 0 Å². The molecule has 9 heteroatoms. The summed E-state index contributed by atoms with van der Waals surface area (Å²) in [6, 6.07) is 9.77. The number of amides is 1. The molecule has 29 heavy (non-hydrogen) atoms. The van der Waals surface area contributed by atoms with Crippen molar-refractivity contribution in [2.24, 2.45) is 0 Å². The summed E-state index contributed by atoms with van der Waals surface area (Å²) in [6.45, 7) is 0.988. The number of piperazine rings is 1. The third-order valence-electron chi connectivity index (χ3n) is 4.76. The fourth-order valence-corrected chi connectivity index (χ4v) is 3.34. The number of carbonyl (C=O) groups excluding carboxylic acids is 1. The summed E-state index contributed by atoms with van der Waals surface area (Å²) in [5.74, 6) is -0.843. The van der Waals surface area contributed by atoms with E-state index in [-0.39, 0.29) is 18.7 Å². The van der Waals surface area contributed by atoms with Gasteiger partial charge >= 0.3 is 12.4 Å². The molecule has 1 fully saturated rings. The molecule has 0 aliphatic carbocycles. The first-order chi connectivity index (χ1) is 13.6. The van der Waals surface area contributed by atoms with Gasteiger partial charge in [0.05, 0.1) is 11.1 Å². The quantitative estimate of drug-likeness (QED) is 0.754. The van der Waals surface area contributed by atoms with Gasteiger partial charge in [0.2, 0.25) is 0 Å². The second kappa shape index (κ2) is 8.06. The minimum Gasteiger partial charge on any atom is -0.333 e. The number of alkyl halides is 6. The largest absolute Gasteiger partial charge is 0.416 e. The smallest absolute Gasteiger partial charge is 0.333 e. The lowest BCUT2D eigenvalue weighted by Gasteiger charge is -2.36. The molecule has 0 bridgehead atoms. The predicted octanol–water partition coefficient (Wildman–Crippen LogP) is 4.38. The zero-order valence-electron chi connectivity index (χ0n) is 15.1. The van der Waals surface area contributed by atoms with Gasteiger partial charge in [-0.3, -0.25) is 4.79 Å². The summed E-state index contributed by atoms with van der Waals surface area (Å²) >= 11 is 0. The van der Waals surface area contributed by atoms with Crippen molar-refractivity contribution in [3.8, 4) is 0 Å². The van der Waals surface area contributed by atoms with Crippen LogP contribution in [0.2, 0.25) is 0 Å². The zero-order chi connectivity index (χ0) is 21.2. The molecule has 1 atom stereocenters. The maximum Gasteiger partial charge on any atom is 0.416 e. The third-order valence-corrected chi connectivity index (χ3v) is 4.76. The Balaban J connectivity index is 1.94. The lowest BCUT2D eigenvalue weighted by Crippen LogP contribution is -2.54. The van der Waals surface area contributed by atoms with Crippen LogP contribution in [0.5, 0.6) is 0 Å². The van der Waals surface area contributed by atoms with E-state index in [1.165, 1.54) is 4.90 Å². The van der Waals surface area contributed by atoms with Gasteiger partial charge in [-0.1, -0.05) is 30.3 Å². The molecule has 0 unspecified atom stereocenters. The molecule has 1 saturated heterocycles. The second-order valence-electron chi connectivity index (χ2n) is 6.84. The molecular formula is C20H18F6N2O. The average Bonchev–Trinajstić information content (AvgIpc) is 2.67. The molecule has 1 aliphatic heterocycles. The number of carbonyl (C=O) groups is 1. The van der Waals surface area contributed by atoms with Gasteiger partial charge in [0.15, 0.2) is 0 Å². The molecule has 1 N–H and O–H groups in total. The van der Waals surface area contributed by atoms with Gasteiger partial charge in [-0.25, -0.2) is 0 Å². The third kappa shape index (κ3) is 5.09. The van der Waals surface area contributed by atoms with Crippen molar-refractivity contribution in [3.05, 3.63) is 70.8 Å². The van der Waals surface area contributed by atoms with E-state index in [0.29, 0.717) is 31.6 Å². The van der Waals surface area contributed by atoms with E-state index in [2.05, 4.69) is 5.32 Å². The van der Waals surface area contributed by atoms with Crippen molar-refractivity contribution >= 4 is 5.91 Å². The first kappa shape index (κ1) is 21.2. The van der Waals surface area contributed by atoms with Gasteiger partial charge in [-0.2, -0.15) is 26.3 Å². The standard InChI is InChI=1S/C20H18F6N2O/c21-19(22,23)15-9-14(10-16(11-15)20(24,25)26)18(29)28-7-6-27-12-17(28)8-13-4-2-1-3-5-13/h1-5,9-11,17,27H,6-8,12H2/t17-/m1/s1. The molecule has 156 valence electrons. The van der Waals surface area contributed by atoms with Crippen molar-refractivity contribution in [1.82, 2.24) is 10.2 Å². The van der Waals surface area contributed by atoms with Crippen LogP contribution in [-0.4, -0.2) is 36.5 Å². The van der Waals surface area contributed by atoms with Crippen LogP contribution in [0.1, 0.15) is 27.0 Å². The van der Waals surface area contributed by atoms with Crippen LogP contribution < -0.4 is 5.32 Å². The highest BCUT2D eigenvalue weighted by atomic mass is 19.4. The first-order valence-corrected chi connectivity index (χ1v) is 8.91. The molecule has 0 saturated carbocycles. The first-order valence-electron chi connectivity index (χ1n) is 8.91. The fourth-order valence-electron chi connectivity index (χ4n) is 3.34. The minimum absolute atomic E-state index is 0.0238. The monoisotopic (exact) mass is 416 g/mol. The van der Waals surface area contributed by atoms with Gasteiger partial charge in [0.1, 0.15) is 0 Å². The Bertz CT molecular complexity index is 831. The van der Waals surface area contributed by atoms with Crippen molar-refractivity contribution in [2.45, 2.75) is 24.8 Å². The van der Waals surface area contributed by atoms with E-state index in [9.17, 15) is 31.1 Å². The summed E-state index contributed by atoms with van der Waals surface area (Å²) < 4.78 is 78.6. The highest BCUT2D eigenvalue weighted by Gasteiger charge is 2.38. The Labute approximate surface area is 163 Å². The lowest BCUT2D eigenvalue weighted by atomic mass is 10.00. The zero-order valence-corrected chi connectivity index (χ0v) is 15.1.